The molecule has 2 aromatic carbocycles. The highest BCUT2D eigenvalue weighted by Crippen LogP contribution is 2.28. The molecule has 1 heterocycles. The second-order valence-electron chi connectivity index (χ2n) is 6.88. The molecule has 1 unspecified atom stereocenters. The van der Waals surface area contributed by atoms with E-state index >= 15 is 0 Å². The molecule has 1 N–H and O–H groups in total. The van der Waals surface area contributed by atoms with Gasteiger partial charge in [-0.15, -0.1) is 0 Å². The van der Waals surface area contributed by atoms with Crippen LogP contribution in [0.2, 0.25) is 5.02 Å². The van der Waals surface area contributed by atoms with Crippen molar-refractivity contribution < 1.29 is 9.53 Å². The Morgan fingerprint density at radius 1 is 1.26 bits per heavy atom. The third-order valence-corrected chi connectivity index (χ3v) is 5.60. The molecule has 0 saturated carbocycles. The molecule has 0 aromatic heterocycles. The van der Waals surface area contributed by atoms with Crippen LogP contribution in [0.15, 0.2) is 53.0 Å². The van der Waals surface area contributed by atoms with Crippen LogP contribution >= 0.6 is 27.5 Å². The molecule has 27 heavy (non-hydrogen) atoms. The molecule has 0 spiro atoms. The third-order valence-electron chi connectivity index (χ3n) is 4.75. The molecule has 1 atom stereocenters. The Hall–Kier alpha value is -1.56. The third kappa shape index (κ3) is 5.96. The maximum absolute atomic E-state index is 12.5. The first-order chi connectivity index (χ1) is 13.0. The van der Waals surface area contributed by atoms with Crippen molar-refractivity contribution in [1.29, 1.82) is 0 Å². The molecular weight excluding hydrogens is 428 g/mol. The van der Waals surface area contributed by atoms with E-state index in [4.69, 9.17) is 16.3 Å². The number of nitrogens with zero attached hydrogens (tertiary/aromatic N) is 1. The summed E-state index contributed by atoms with van der Waals surface area (Å²) < 4.78 is 6.52. The van der Waals surface area contributed by atoms with Crippen LogP contribution in [0.25, 0.3) is 0 Å². The monoisotopic (exact) mass is 450 g/mol. The van der Waals surface area contributed by atoms with Crippen LogP contribution in [0.4, 0.5) is 0 Å². The SMILES string of the molecule is CC(Oc1ccc(Cl)cc1Br)C(=O)NC1CCN(Cc2ccccc2)CC1. The normalized spacial score (nSPS) is 16.7. The minimum Gasteiger partial charge on any atom is -0.480 e. The van der Waals surface area contributed by atoms with Gasteiger partial charge in [-0.1, -0.05) is 41.9 Å². The zero-order valence-corrected chi connectivity index (χ0v) is 17.7. The molecular formula is C21H24BrClN2O2. The first-order valence-electron chi connectivity index (χ1n) is 9.19. The van der Waals surface area contributed by atoms with E-state index in [1.807, 2.05) is 6.07 Å². The quantitative estimate of drug-likeness (QED) is 0.695. The molecule has 1 aliphatic heterocycles. The van der Waals surface area contributed by atoms with Gasteiger partial charge in [0.2, 0.25) is 0 Å². The number of piperidine rings is 1. The van der Waals surface area contributed by atoms with Crippen molar-refractivity contribution >= 4 is 33.4 Å². The van der Waals surface area contributed by atoms with Gasteiger partial charge in [0.25, 0.3) is 5.91 Å². The van der Waals surface area contributed by atoms with E-state index in [-0.39, 0.29) is 11.9 Å². The van der Waals surface area contributed by atoms with Crippen molar-refractivity contribution in [1.82, 2.24) is 10.2 Å². The molecule has 3 rings (SSSR count). The lowest BCUT2D eigenvalue weighted by molar-refractivity contribution is -0.128. The average molecular weight is 452 g/mol. The van der Waals surface area contributed by atoms with Crippen LogP contribution in [0.1, 0.15) is 25.3 Å². The van der Waals surface area contributed by atoms with Crippen molar-refractivity contribution in [3.05, 3.63) is 63.6 Å². The predicted molar refractivity (Wildman–Crippen MR) is 112 cm³/mol. The molecule has 0 radical (unpaired) electrons. The molecule has 1 saturated heterocycles. The highest BCUT2D eigenvalue weighted by Gasteiger charge is 2.24. The number of likely N-dealkylation sites (tertiary alicyclic amines) is 1. The Morgan fingerprint density at radius 3 is 2.63 bits per heavy atom. The Kier molecular flexibility index (Phi) is 7.16. The topological polar surface area (TPSA) is 41.6 Å². The highest BCUT2D eigenvalue weighted by molar-refractivity contribution is 9.10. The number of rotatable bonds is 6. The number of carbonyl (C=O) groups is 1. The smallest absolute Gasteiger partial charge is 0.260 e. The van der Waals surface area contributed by atoms with Gasteiger partial charge in [0.05, 0.1) is 4.47 Å². The largest absolute Gasteiger partial charge is 0.480 e. The number of benzene rings is 2. The van der Waals surface area contributed by atoms with Crippen LogP contribution in [-0.2, 0) is 11.3 Å². The van der Waals surface area contributed by atoms with E-state index in [2.05, 4.69) is 50.4 Å². The van der Waals surface area contributed by atoms with Gasteiger partial charge in [0, 0.05) is 30.7 Å². The van der Waals surface area contributed by atoms with E-state index in [9.17, 15) is 4.79 Å². The van der Waals surface area contributed by atoms with Crippen molar-refractivity contribution in [2.24, 2.45) is 0 Å². The number of amides is 1. The summed E-state index contributed by atoms with van der Waals surface area (Å²) in [5.74, 6) is 0.526. The van der Waals surface area contributed by atoms with Crippen molar-refractivity contribution in [3.8, 4) is 5.75 Å². The van der Waals surface area contributed by atoms with Crippen molar-refractivity contribution in [2.45, 2.75) is 38.5 Å². The number of carbonyl (C=O) groups excluding carboxylic acids is 1. The zero-order chi connectivity index (χ0) is 19.2. The van der Waals surface area contributed by atoms with Gasteiger partial charge < -0.3 is 10.1 Å². The van der Waals surface area contributed by atoms with Crippen LogP contribution in [-0.4, -0.2) is 36.0 Å². The molecule has 1 fully saturated rings. The number of ether oxygens (including phenoxy) is 1. The maximum atomic E-state index is 12.5. The Balaban J connectivity index is 1.44. The summed E-state index contributed by atoms with van der Waals surface area (Å²) in [6.45, 7) is 4.70. The van der Waals surface area contributed by atoms with Gasteiger partial charge in [0.15, 0.2) is 6.10 Å². The average Bonchev–Trinajstić information content (AvgIpc) is 2.66. The van der Waals surface area contributed by atoms with E-state index < -0.39 is 6.10 Å². The number of nitrogens with one attached hydrogen (secondary N) is 1. The molecule has 144 valence electrons. The fourth-order valence-corrected chi connectivity index (χ4v) is 3.99. The molecule has 6 heteroatoms. The lowest BCUT2D eigenvalue weighted by Crippen LogP contribution is -2.47. The van der Waals surface area contributed by atoms with E-state index in [1.54, 1.807) is 25.1 Å². The molecule has 4 nitrogen and oxygen atoms in total. The molecule has 1 amide bonds. The summed E-state index contributed by atoms with van der Waals surface area (Å²) in [4.78, 5) is 14.9. The summed E-state index contributed by atoms with van der Waals surface area (Å²) in [6.07, 6.45) is 1.34. The van der Waals surface area contributed by atoms with Gasteiger partial charge in [-0.05, 0) is 59.5 Å². The number of halogens is 2. The van der Waals surface area contributed by atoms with Gasteiger partial charge in [-0.2, -0.15) is 0 Å². The summed E-state index contributed by atoms with van der Waals surface area (Å²) in [6, 6.07) is 16.0. The first kappa shape index (κ1) is 20.2. The fraction of sp³-hybridized carbons (Fsp3) is 0.381. The second kappa shape index (κ2) is 9.58. The maximum Gasteiger partial charge on any atom is 0.260 e. The molecule has 2 aromatic rings. The van der Waals surface area contributed by atoms with Gasteiger partial charge in [0.1, 0.15) is 5.75 Å². The zero-order valence-electron chi connectivity index (χ0n) is 15.3. The van der Waals surface area contributed by atoms with E-state index in [0.717, 1.165) is 36.9 Å². The fourth-order valence-electron chi connectivity index (χ4n) is 3.21. The minimum absolute atomic E-state index is 0.0849. The van der Waals surface area contributed by atoms with Gasteiger partial charge >= 0.3 is 0 Å². The van der Waals surface area contributed by atoms with E-state index in [1.165, 1.54) is 5.56 Å². The first-order valence-corrected chi connectivity index (χ1v) is 10.4. The second-order valence-corrected chi connectivity index (χ2v) is 8.17. The van der Waals surface area contributed by atoms with Crippen molar-refractivity contribution in [2.75, 3.05) is 13.1 Å². The minimum atomic E-state index is -0.565. The molecule has 0 aliphatic carbocycles. The lowest BCUT2D eigenvalue weighted by Gasteiger charge is -2.32. The summed E-state index contributed by atoms with van der Waals surface area (Å²) >= 11 is 9.35. The predicted octanol–water partition coefficient (Wildman–Crippen LogP) is 4.65. The van der Waals surface area contributed by atoms with Crippen LogP contribution < -0.4 is 10.1 Å². The van der Waals surface area contributed by atoms with Crippen LogP contribution in [0.3, 0.4) is 0 Å². The number of hydrogen-bond acceptors (Lipinski definition) is 3. The lowest BCUT2D eigenvalue weighted by atomic mass is 10.0. The van der Waals surface area contributed by atoms with Gasteiger partial charge in [-0.25, -0.2) is 0 Å². The standard InChI is InChI=1S/C21H24BrClN2O2/c1-15(27-20-8-7-17(23)13-19(20)22)21(26)24-18-9-11-25(12-10-18)14-16-5-3-2-4-6-16/h2-8,13,15,18H,9-12,14H2,1H3,(H,24,26). The van der Waals surface area contributed by atoms with Crippen LogP contribution in [0.5, 0.6) is 5.75 Å². The van der Waals surface area contributed by atoms with Crippen molar-refractivity contribution in [3.63, 3.8) is 0 Å². The molecule has 1 aliphatic rings. The highest BCUT2D eigenvalue weighted by atomic mass is 79.9. The summed E-state index contributed by atoms with van der Waals surface area (Å²) in [5.41, 5.74) is 1.33. The summed E-state index contributed by atoms with van der Waals surface area (Å²) in [7, 11) is 0. The van der Waals surface area contributed by atoms with Crippen LogP contribution in [0, 0.1) is 0 Å². The summed E-state index contributed by atoms with van der Waals surface area (Å²) in [5, 5.41) is 3.74. The number of hydrogen-bond donors (Lipinski definition) is 1. The van der Waals surface area contributed by atoms with Gasteiger partial charge in [-0.3, -0.25) is 9.69 Å². The van der Waals surface area contributed by atoms with E-state index in [0.29, 0.717) is 10.8 Å². The Morgan fingerprint density at radius 2 is 1.96 bits per heavy atom. The molecule has 0 bridgehead atoms. The Labute approximate surface area is 174 Å². The Bertz CT molecular complexity index is 764.